The Labute approximate surface area is 241 Å². The Morgan fingerprint density at radius 3 is 2.30 bits per heavy atom. The van der Waals surface area contributed by atoms with Crippen molar-refractivity contribution in [3.63, 3.8) is 0 Å². The van der Waals surface area contributed by atoms with Crippen LogP contribution in [0.1, 0.15) is 113 Å². The molecular weight excluding hydrogens is 500 g/mol. The lowest BCUT2D eigenvalue weighted by atomic mass is 9.33. The highest BCUT2D eigenvalue weighted by Crippen LogP contribution is 2.75. The fourth-order valence-corrected chi connectivity index (χ4v) is 11.1. The Hall–Kier alpha value is -1.91. The van der Waals surface area contributed by atoms with Gasteiger partial charge in [0.25, 0.3) is 0 Å². The van der Waals surface area contributed by atoms with E-state index in [1.165, 1.54) is 12.5 Å². The fourth-order valence-electron chi connectivity index (χ4n) is 11.1. The summed E-state index contributed by atoms with van der Waals surface area (Å²) in [6, 6.07) is 0. The molecule has 0 aromatic carbocycles. The number of hydrogen-bond acceptors (Lipinski definition) is 5. The van der Waals surface area contributed by atoms with Crippen molar-refractivity contribution >= 4 is 17.7 Å². The molecule has 9 atom stereocenters. The van der Waals surface area contributed by atoms with Crippen LogP contribution in [0.3, 0.4) is 0 Å². The summed E-state index contributed by atoms with van der Waals surface area (Å²) >= 11 is 0. The Morgan fingerprint density at radius 1 is 0.975 bits per heavy atom. The van der Waals surface area contributed by atoms with Crippen molar-refractivity contribution in [2.45, 2.75) is 119 Å². The van der Waals surface area contributed by atoms with E-state index in [0.717, 1.165) is 57.8 Å². The van der Waals surface area contributed by atoms with Gasteiger partial charge in [-0.25, -0.2) is 0 Å². The average Bonchev–Trinajstić information content (AvgIpc) is 2.86. The zero-order valence-corrected chi connectivity index (χ0v) is 26.3. The molecule has 40 heavy (non-hydrogen) atoms. The van der Waals surface area contributed by atoms with E-state index in [9.17, 15) is 14.4 Å². The maximum atomic E-state index is 14.5. The van der Waals surface area contributed by atoms with E-state index < -0.39 is 5.41 Å². The third-order valence-corrected chi connectivity index (χ3v) is 13.6. The van der Waals surface area contributed by atoms with Gasteiger partial charge in [0.1, 0.15) is 12.7 Å². The van der Waals surface area contributed by atoms with Gasteiger partial charge in [0.15, 0.2) is 5.78 Å². The van der Waals surface area contributed by atoms with Crippen molar-refractivity contribution < 1.29 is 23.9 Å². The van der Waals surface area contributed by atoms with Crippen LogP contribution in [0.2, 0.25) is 0 Å². The molecule has 0 heterocycles. The van der Waals surface area contributed by atoms with Gasteiger partial charge in [-0.15, -0.1) is 0 Å². The zero-order chi connectivity index (χ0) is 29.5. The maximum Gasteiger partial charge on any atom is 0.312 e. The van der Waals surface area contributed by atoms with E-state index in [4.69, 9.17) is 9.47 Å². The van der Waals surface area contributed by atoms with Crippen LogP contribution in [0.15, 0.2) is 24.3 Å². The third-order valence-electron chi connectivity index (χ3n) is 13.6. The van der Waals surface area contributed by atoms with Gasteiger partial charge in [-0.2, -0.15) is 0 Å². The van der Waals surface area contributed by atoms with Crippen LogP contribution in [0.25, 0.3) is 0 Å². The van der Waals surface area contributed by atoms with Crippen molar-refractivity contribution in [2.75, 3.05) is 6.61 Å². The van der Waals surface area contributed by atoms with Crippen molar-refractivity contribution in [1.29, 1.82) is 0 Å². The van der Waals surface area contributed by atoms with E-state index in [1.807, 2.05) is 0 Å². The Bertz CT molecular complexity index is 1150. The largest absolute Gasteiger partial charge is 0.462 e. The molecule has 0 aromatic rings. The Morgan fingerprint density at radius 2 is 1.65 bits per heavy atom. The summed E-state index contributed by atoms with van der Waals surface area (Å²) in [7, 11) is 0. The van der Waals surface area contributed by atoms with E-state index >= 15 is 0 Å². The number of esters is 2. The smallest absolute Gasteiger partial charge is 0.312 e. The Kier molecular flexibility index (Phi) is 6.87. The molecule has 0 N–H and O–H groups in total. The minimum Gasteiger partial charge on any atom is -0.462 e. The molecule has 5 heteroatoms. The molecule has 4 saturated carbocycles. The van der Waals surface area contributed by atoms with Gasteiger partial charge < -0.3 is 9.47 Å². The van der Waals surface area contributed by atoms with E-state index in [2.05, 4.69) is 61.1 Å². The number of carbonyl (C=O) groups excluding carboxylic acids is 3. The maximum absolute atomic E-state index is 14.5. The molecule has 5 rings (SSSR count). The molecule has 0 aliphatic heterocycles. The van der Waals surface area contributed by atoms with Gasteiger partial charge in [0, 0.05) is 18.3 Å². The highest BCUT2D eigenvalue weighted by Gasteiger charge is 2.70. The lowest BCUT2D eigenvalue weighted by molar-refractivity contribution is -0.210. The molecule has 0 saturated heterocycles. The predicted octanol–water partition coefficient (Wildman–Crippen LogP) is 7.63. The number of carbonyl (C=O) groups is 3. The molecule has 0 spiro atoms. The predicted molar refractivity (Wildman–Crippen MR) is 156 cm³/mol. The zero-order valence-electron chi connectivity index (χ0n) is 26.3. The summed E-state index contributed by atoms with van der Waals surface area (Å²) in [6.07, 6.45) is 12.1. The minimum absolute atomic E-state index is 0.0538. The first-order valence-corrected chi connectivity index (χ1v) is 15.7. The lowest BCUT2D eigenvalue weighted by Gasteiger charge is -2.70. The summed E-state index contributed by atoms with van der Waals surface area (Å²) in [5.41, 5.74) is 0.279. The van der Waals surface area contributed by atoms with Gasteiger partial charge in [-0.3, -0.25) is 14.4 Å². The molecule has 222 valence electrons. The molecule has 5 aliphatic rings. The third kappa shape index (κ3) is 3.95. The first kappa shape index (κ1) is 29.6. The van der Waals surface area contributed by atoms with Crippen LogP contribution in [0.4, 0.5) is 0 Å². The number of ether oxygens (including phenoxy) is 2. The Balaban J connectivity index is 1.54. The number of hydrogen-bond donors (Lipinski definition) is 0. The van der Waals surface area contributed by atoms with Crippen LogP contribution in [0.5, 0.6) is 0 Å². The molecule has 5 aliphatic carbocycles. The second-order valence-corrected chi connectivity index (χ2v) is 16.1. The first-order valence-electron chi connectivity index (χ1n) is 15.7. The van der Waals surface area contributed by atoms with Crippen molar-refractivity contribution in [3.8, 4) is 0 Å². The second kappa shape index (κ2) is 9.30. The second-order valence-electron chi connectivity index (χ2n) is 16.1. The topological polar surface area (TPSA) is 69.7 Å². The highest BCUT2D eigenvalue weighted by molar-refractivity contribution is 5.95. The summed E-state index contributed by atoms with van der Waals surface area (Å²) in [5, 5.41) is 0. The van der Waals surface area contributed by atoms with E-state index in [1.54, 1.807) is 6.08 Å². The number of rotatable bonds is 4. The van der Waals surface area contributed by atoms with Crippen LogP contribution in [0, 0.1) is 50.2 Å². The van der Waals surface area contributed by atoms with Crippen molar-refractivity contribution in [2.24, 2.45) is 50.2 Å². The fraction of sp³-hybridized carbons (Fsp3) is 0.800. The summed E-state index contributed by atoms with van der Waals surface area (Å²) in [4.78, 5) is 39.7. The average molecular weight is 553 g/mol. The lowest BCUT2D eigenvalue weighted by Crippen LogP contribution is -2.66. The van der Waals surface area contributed by atoms with Gasteiger partial charge in [0.05, 0.1) is 5.41 Å². The first-order chi connectivity index (χ1) is 18.5. The quantitative estimate of drug-likeness (QED) is 0.265. The molecular formula is C35H52O5. The normalized spacial score (nSPS) is 47.4. The van der Waals surface area contributed by atoms with Crippen molar-refractivity contribution in [1.82, 2.24) is 0 Å². The van der Waals surface area contributed by atoms with Gasteiger partial charge in [-0.05, 0) is 104 Å². The molecule has 0 aromatic heterocycles. The van der Waals surface area contributed by atoms with E-state index in [-0.39, 0.29) is 69.3 Å². The van der Waals surface area contributed by atoms with Crippen LogP contribution >= 0.6 is 0 Å². The number of allylic oxidation sites excluding steroid dienone is 2. The summed E-state index contributed by atoms with van der Waals surface area (Å²) < 4.78 is 11.4. The van der Waals surface area contributed by atoms with Crippen LogP contribution in [-0.2, 0) is 23.9 Å². The minimum atomic E-state index is -0.546. The van der Waals surface area contributed by atoms with Gasteiger partial charge in [0.2, 0.25) is 0 Å². The summed E-state index contributed by atoms with van der Waals surface area (Å²) in [5.74, 6) is 0.397. The molecule has 0 bridgehead atoms. The highest BCUT2D eigenvalue weighted by atomic mass is 16.5. The van der Waals surface area contributed by atoms with Crippen LogP contribution < -0.4 is 0 Å². The number of fused-ring (bicyclic) bond motifs is 7. The molecule has 0 radical (unpaired) electrons. The molecule has 4 fully saturated rings. The molecule has 0 unspecified atom stereocenters. The van der Waals surface area contributed by atoms with E-state index in [0.29, 0.717) is 5.92 Å². The SMILES string of the molecule is C=CCOC(=O)[C@@]1(C)CC[C@]2(C)CC[C@@]3(C)C(=CC(=O)[C@@H]4[C@]5(C)CC[C@H](OC(C)=O)C(C)(C)[C@H]5CC[C@]43C)[C@H]2C1. The van der Waals surface area contributed by atoms with Gasteiger partial charge >= 0.3 is 11.9 Å². The van der Waals surface area contributed by atoms with Gasteiger partial charge in [-0.1, -0.05) is 59.8 Å². The van der Waals surface area contributed by atoms with Crippen molar-refractivity contribution in [3.05, 3.63) is 24.3 Å². The molecule has 0 amide bonds. The van der Waals surface area contributed by atoms with Crippen LogP contribution in [-0.4, -0.2) is 30.4 Å². The standard InChI is InChI=1S/C35H52O5/c1-10-19-39-29(38)32(6)16-15-31(5)17-18-34(8)23(24(31)21-32)20-25(37)28-33(7)13-12-27(40-22(2)36)30(3,4)26(33)11-14-35(28,34)9/h10,20,24,26-28H,1,11-19,21H2,2-9H3/t24-,26-,27+,28-,31-,32+,33-,34+,35-/m1/s1. The molecule has 5 nitrogen and oxygen atoms in total. The summed E-state index contributed by atoms with van der Waals surface area (Å²) in [6.45, 7) is 21.6. The number of ketones is 1. The monoisotopic (exact) mass is 552 g/mol.